The summed E-state index contributed by atoms with van der Waals surface area (Å²) >= 11 is 1.43. The molecule has 4 heteroatoms. The van der Waals surface area contributed by atoms with E-state index < -0.39 is 0 Å². The topological polar surface area (TPSA) is 49.3 Å². The van der Waals surface area contributed by atoms with E-state index in [1.165, 1.54) is 17.3 Å². The number of aliphatic hydroxyl groups excluding tert-OH is 1. The van der Waals surface area contributed by atoms with Gasteiger partial charge < -0.3 is 10.4 Å². The molecule has 2 N–H and O–H groups in total. The largest absolute Gasteiger partial charge is 0.396 e. The van der Waals surface area contributed by atoms with E-state index in [0.29, 0.717) is 17.4 Å². The van der Waals surface area contributed by atoms with Crippen LogP contribution in [0.5, 0.6) is 0 Å². The van der Waals surface area contributed by atoms with Crippen LogP contribution in [0.1, 0.15) is 25.3 Å². The molecule has 0 spiro atoms. The predicted octanol–water partition coefficient (Wildman–Crippen LogP) is 2.47. The molecule has 0 heterocycles. The fraction of sp³-hybridized carbons (Fsp3) is 0.462. The maximum Gasteiger partial charge on any atom is 0.234 e. The molecule has 0 aliphatic rings. The van der Waals surface area contributed by atoms with Gasteiger partial charge in [0.2, 0.25) is 5.91 Å². The van der Waals surface area contributed by atoms with E-state index in [1.54, 1.807) is 0 Å². The fourth-order valence-electron chi connectivity index (χ4n) is 1.40. The lowest BCUT2D eigenvalue weighted by Crippen LogP contribution is -2.14. The Morgan fingerprint density at radius 3 is 2.88 bits per heavy atom. The lowest BCUT2D eigenvalue weighted by Gasteiger charge is -2.09. The molecule has 0 saturated heterocycles. The average Bonchev–Trinajstić information content (AvgIpc) is 2.29. The van der Waals surface area contributed by atoms with Crippen molar-refractivity contribution in [2.24, 2.45) is 0 Å². The number of amides is 1. The van der Waals surface area contributed by atoms with E-state index in [4.69, 9.17) is 5.11 Å². The quantitative estimate of drug-likeness (QED) is 0.766. The molecule has 1 rings (SSSR count). The molecule has 0 aromatic heterocycles. The second-order valence-corrected chi connectivity index (χ2v) is 5.21. The van der Waals surface area contributed by atoms with E-state index in [-0.39, 0.29) is 12.5 Å². The van der Waals surface area contributed by atoms with Gasteiger partial charge in [-0.15, -0.1) is 11.8 Å². The summed E-state index contributed by atoms with van der Waals surface area (Å²) in [6, 6.07) is 7.90. The van der Waals surface area contributed by atoms with E-state index in [9.17, 15) is 4.79 Å². The third-order valence-electron chi connectivity index (χ3n) is 2.31. The SMILES string of the molecule is CC(C)c1cccc(NC(=O)CSCCO)c1. The van der Waals surface area contributed by atoms with Crippen molar-refractivity contribution < 1.29 is 9.90 Å². The van der Waals surface area contributed by atoms with Crippen molar-refractivity contribution in [1.29, 1.82) is 0 Å². The number of hydrogen-bond acceptors (Lipinski definition) is 3. The van der Waals surface area contributed by atoms with Gasteiger partial charge in [0, 0.05) is 11.4 Å². The first-order chi connectivity index (χ1) is 8.13. The Bertz CT molecular complexity index is 366. The van der Waals surface area contributed by atoms with Crippen molar-refractivity contribution in [3.63, 3.8) is 0 Å². The van der Waals surface area contributed by atoms with Crippen LogP contribution in [0.4, 0.5) is 5.69 Å². The predicted molar refractivity (Wildman–Crippen MR) is 73.6 cm³/mol. The summed E-state index contributed by atoms with van der Waals surface area (Å²) < 4.78 is 0. The number of hydrogen-bond donors (Lipinski definition) is 2. The van der Waals surface area contributed by atoms with E-state index in [0.717, 1.165) is 5.69 Å². The molecule has 0 fully saturated rings. The zero-order chi connectivity index (χ0) is 12.7. The Hall–Kier alpha value is -1.00. The molecule has 94 valence electrons. The molecule has 0 bridgehead atoms. The van der Waals surface area contributed by atoms with E-state index in [1.807, 2.05) is 18.2 Å². The number of aliphatic hydroxyl groups is 1. The van der Waals surface area contributed by atoms with Crippen molar-refractivity contribution in [1.82, 2.24) is 0 Å². The minimum Gasteiger partial charge on any atom is -0.396 e. The van der Waals surface area contributed by atoms with Crippen molar-refractivity contribution in [2.75, 3.05) is 23.4 Å². The van der Waals surface area contributed by atoms with Gasteiger partial charge in [0.15, 0.2) is 0 Å². The molecule has 1 amide bonds. The number of carbonyl (C=O) groups excluding carboxylic acids is 1. The highest BCUT2D eigenvalue weighted by molar-refractivity contribution is 7.99. The first-order valence-electron chi connectivity index (χ1n) is 5.72. The average molecular weight is 253 g/mol. The van der Waals surface area contributed by atoms with Crippen LogP contribution in [0.2, 0.25) is 0 Å². The Labute approximate surface area is 107 Å². The van der Waals surface area contributed by atoms with Gasteiger partial charge in [-0.3, -0.25) is 4.79 Å². The van der Waals surface area contributed by atoms with Gasteiger partial charge in [-0.2, -0.15) is 0 Å². The monoisotopic (exact) mass is 253 g/mol. The standard InChI is InChI=1S/C13H19NO2S/c1-10(2)11-4-3-5-12(8-11)14-13(16)9-17-7-6-15/h3-5,8,10,15H,6-7,9H2,1-2H3,(H,14,16). The van der Waals surface area contributed by atoms with Crippen LogP contribution in [0.15, 0.2) is 24.3 Å². The van der Waals surface area contributed by atoms with Crippen molar-refractivity contribution in [2.45, 2.75) is 19.8 Å². The molecule has 0 atom stereocenters. The van der Waals surface area contributed by atoms with Crippen molar-refractivity contribution in [3.8, 4) is 0 Å². The number of nitrogens with one attached hydrogen (secondary N) is 1. The third kappa shape index (κ3) is 5.24. The second-order valence-electron chi connectivity index (χ2n) is 4.10. The molecule has 0 unspecified atom stereocenters. The molecule has 3 nitrogen and oxygen atoms in total. The van der Waals surface area contributed by atoms with Crippen LogP contribution in [-0.4, -0.2) is 29.1 Å². The van der Waals surface area contributed by atoms with Crippen LogP contribution >= 0.6 is 11.8 Å². The lowest BCUT2D eigenvalue weighted by molar-refractivity contribution is -0.113. The Morgan fingerprint density at radius 2 is 2.24 bits per heavy atom. The Morgan fingerprint density at radius 1 is 1.47 bits per heavy atom. The van der Waals surface area contributed by atoms with Gasteiger partial charge in [0.05, 0.1) is 12.4 Å². The lowest BCUT2D eigenvalue weighted by atomic mass is 10.0. The fourth-order valence-corrected chi connectivity index (χ4v) is 1.93. The Balaban J connectivity index is 2.50. The summed E-state index contributed by atoms with van der Waals surface area (Å²) in [7, 11) is 0. The molecule has 17 heavy (non-hydrogen) atoms. The number of rotatable bonds is 6. The van der Waals surface area contributed by atoms with Gasteiger partial charge in [-0.1, -0.05) is 26.0 Å². The third-order valence-corrected chi connectivity index (χ3v) is 3.24. The zero-order valence-corrected chi connectivity index (χ0v) is 11.1. The first-order valence-corrected chi connectivity index (χ1v) is 6.87. The maximum absolute atomic E-state index is 11.6. The summed E-state index contributed by atoms with van der Waals surface area (Å²) in [4.78, 5) is 11.6. The Kier molecular flexibility index (Phi) is 6.08. The number of benzene rings is 1. The summed E-state index contributed by atoms with van der Waals surface area (Å²) in [6.45, 7) is 4.36. The molecule has 0 saturated carbocycles. The highest BCUT2D eigenvalue weighted by atomic mass is 32.2. The molecule has 0 aliphatic heterocycles. The first kappa shape index (κ1) is 14.1. The van der Waals surface area contributed by atoms with Gasteiger partial charge in [0.1, 0.15) is 0 Å². The van der Waals surface area contributed by atoms with Crippen LogP contribution in [0.3, 0.4) is 0 Å². The van der Waals surface area contributed by atoms with Gasteiger partial charge in [0.25, 0.3) is 0 Å². The van der Waals surface area contributed by atoms with Crippen molar-refractivity contribution >= 4 is 23.4 Å². The number of carbonyl (C=O) groups is 1. The molecule has 1 aromatic carbocycles. The molecular formula is C13H19NO2S. The van der Waals surface area contributed by atoms with Crippen LogP contribution in [0.25, 0.3) is 0 Å². The smallest absolute Gasteiger partial charge is 0.234 e. The minimum atomic E-state index is -0.0237. The maximum atomic E-state index is 11.6. The zero-order valence-electron chi connectivity index (χ0n) is 10.3. The van der Waals surface area contributed by atoms with Crippen LogP contribution in [0, 0.1) is 0 Å². The highest BCUT2D eigenvalue weighted by Crippen LogP contribution is 2.18. The van der Waals surface area contributed by atoms with Crippen LogP contribution < -0.4 is 5.32 Å². The van der Waals surface area contributed by atoms with Gasteiger partial charge in [-0.05, 0) is 23.6 Å². The summed E-state index contributed by atoms with van der Waals surface area (Å²) in [6.07, 6.45) is 0. The van der Waals surface area contributed by atoms with Crippen molar-refractivity contribution in [3.05, 3.63) is 29.8 Å². The van der Waals surface area contributed by atoms with Gasteiger partial charge in [-0.25, -0.2) is 0 Å². The highest BCUT2D eigenvalue weighted by Gasteiger charge is 2.04. The summed E-state index contributed by atoms with van der Waals surface area (Å²) in [5.74, 6) is 1.41. The van der Waals surface area contributed by atoms with Crippen LogP contribution in [-0.2, 0) is 4.79 Å². The molecular weight excluding hydrogens is 234 g/mol. The van der Waals surface area contributed by atoms with E-state index in [2.05, 4.69) is 25.2 Å². The molecule has 1 aromatic rings. The normalized spacial score (nSPS) is 10.6. The number of thioether (sulfide) groups is 1. The molecule has 0 radical (unpaired) electrons. The van der Waals surface area contributed by atoms with Gasteiger partial charge >= 0.3 is 0 Å². The number of anilines is 1. The van der Waals surface area contributed by atoms with E-state index >= 15 is 0 Å². The molecule has 0 aliphatic carbocycles. The second kappa shape index (κ2) is 7.35. The summed E-state index contributed by atoms with van der Waals surface area (Å²) in [5, 5.41) is 11.5. The summed E-state index contributed by atoms with van der Waals surface area (Å²) in [5.41, 5.74) is 2.05. The minimum absolute atomic E-state index is 0.0237.